The van der Waals surface area contributed by atoms with E-state index in [4.69, 9.17) is 4.74 Å². The fourth-order valence-electron chi connectivity index (χ4n) is 3.58. The van der Waals surface area contributed by atoms with Crippen LogP contribution in [0.25, 0.3) is 0 Å². The van der Waals surface area contributed by atoms with Crippen LogP contribution >= 0.6 is 0 Å². The molecule has 0 aromatic heterocycles. The van der Waals surface area contributed by atoms with Crippen LogP contribution < -0.4 is 4.74 Å². The molecule has 0 amide bonds. The van der Waals surface area contributed by atoms with Gasteiger partial charge in [0.25, 0.3) is 0 Å². The van der Waals surface area contributed by atoms with E-state index in [0.29, 0.717) is 30.3 Å². The molecule has 0 aliphatic carbocycles. The van der Waals surface area contributed by atoms with Crippen molar-refractivity contribution < 1.29 is 13.2 Å². The van der Waals surface area contributed by atoms with Crippen molar-refractivity contribution in [1.29, 1.82) is 0 Å². The number of benzene rings is 1. The molecule has 3 rings (SSSR count). The van der Waals surface area contributed by atoms with Gasteiger partial charge in [0.1, 0.15) is 10.6 Å². The molecular formula is C17H26N2O3S. The maximum Gasteiger partial charge on any atom is 0.246 e. The van der Waals surface area contributed by atoms with Crippen molar-refractivity contribution in [2.24, 2.45) is 5.41 Å². The molecule has 1 aromatic rings. The Bertz CT molecular complexity index is 652. The third-order valence-electron chi connectivity index (χ3n) is 5.23. The van der Waals surface area contributed by atoms with Crippen LogP contribution in [0.2, 0.25) is 0 Å². The zero-order chi connectivity index (χ0) is 16.5. The summed E-state index contributed by atoms with van der Waals surface area (Å²) in [7, 11) is -3.49. The van der Waals surface area contributed by atoms with Crippen LogP contribution in [0.3, 0.4) is 0 Å². The van der Waals surface area contributed by atoms with Gasteiger partial charge >= 0.3 is 0 Å². The number of rotatable bonds is 2. The highest BCUT2D eigenvalue weighted by molar-refractivity contribution is 7.89. The summed E-state index contributed by atoms with van der Waals surface area (Å²) in [4.78, 5) is 2.71. The van der Waals surface area contributed by atoms with Crippen LogP contribution in [-0.2, 0) is 10.0 Å². The molecule has 128 valence electrons. The molecule has 1 aromatic carbocycles. The molecule has 2 aliphatic heterocycles. The first kappa shape index (κ1) is 16.7. The molecule has 2 heterocycles. The predicted molar refractivity (Wildman–Crippen MR) is 90.2 cm³/mol. The number of likely N-dealkylation sites (tertiary alicyclic amines) is 1. The number of hydrogen-bond donors (Lipinski definition) is 0. The summed E-state index contributed by atoms with van der Waals surface area (Å²) in [6.45, 7) is 8.80. The molecule has 6 heteroatoms. The quantitative estimate of drug-likeness (QED) is 0.829. The molecule has 1 spiro atoms. The number of piperidine rings is 1. The number of ether oxygens (including phenoxy) is 1. The molecule has 0 N–H and O–H groups in total. The van der Waals surface area contributed by atoms with E-state index >= 15 is 0 Å². The van der Waals surface area contributed by atoms with E-state index in [9.17, 15) is 8.42 Å². The Morgan fingerprint density at radius 2 is 1.83 bits per heavy atom. The van der Waals surface area contributed by atoms with Gasteiger partial charge in [0.05, 0.1) is 6.61 Å². The first-order chi connectivity index (χ1) is 11.0. The fourth-order valence-corrected chi connectivity index (χ4v) is 5.28. The van der Waals surface area contributed by atoms with Gasteiger partial charge in [-0.3, -0.25) is 0 Å². The molecule has 1 saturated heterocycles. The molecule has 0 atom stereocenters. The normalized spacial score (nSPS) is 24.4. The summed E-state index contributed by atoms with van der Waals surface area (Å²) < 4.78 is 33.6. The highest BCUT2D eigenvalue weighted by Gasteiger charge is 2.42. The van der Waals surface area contributed by atoms with Gasteiger partial charge in [-0.15, -0.1) is 0 Å². The maximum atomic E-state index is 13.0. The third kappa shape index (κ3) is 3.12. The van der Waals surface area contributed by atoms with E-state index in [1.54, 1.807) is 22.5 Å². The minimum absolute atomic E-state index is 0.0811. The lowest BCUT2D eigenvalue weighted by Crippen LogP contribution is -2.51. The van der Waals surface area contributed by atoms with Crippen molar-refractivity contribution >= 4 is 10.0 Å². The summed E-state index contributed by atoms with van der Waals surface area (Å²) in [6.07, 6.45) is 1.96. The Hall–Kier alpha value is -1.11. The van der Waals surface area contributed by atoms with Crippen LogP contribution in [0.5, 0.6) is 5.75 Å². The first-order valence-electron chi connectivity index (χ1n) is 8.45. The predicted octanol–water partition coefficient (Wildman–Crippen LogP) is 2.19. The van der Waals surface area contributed by atoms with Crippen molar-refractivity contribution in [2.75, 3.05) is 39.3 Å². The van der Waals surface area contributed by atoms with Crippen molar-refractivity contribution in [3.8, 4) is 5.75 Å². The Balaban J connectivity index is 1.95. The lowest BCUT2D eigenvalue weighted by Gasteiger charge is -2.44. The third-order valence-corrected chi connectivity index (χ3v) is 7.19. The molecular weight excluding hydrogens is 312 g/mol. The number of fused-ring (bicyclic) bond motifs is 1. The van der Waals surface area contributed by atoms with Crippen LogP contribution in [0.15, 0.2) is 29.2 Å². The molecule has 5 nitrogen and oxygen atoms in total. The Labute approximate surface area is 139 Å². The number of sulfonamides is 1. The van der Waals surface area contributed by atoms with E-state index in [1.165, 1.54) is 0 Å². The Morgan fingerprint density at radius 1 is 1.13 bits per heavy atom. The van der Waals surface area contributed by atoms with Gasteiger partial charge in [-0.1, -0.05) is 26.0 Å². The summed E-state index contributed by atoms with van der Waals surface area (Å²) in [5.74, 6) is 0.489. The average molecular weight is 338 g/mol. The highest BCUT2D eigenvalue weighted by Crippen LogP contribution is 2.38. The topological polar surface area (TPSA) is 49.9 Å². The molecule has 0 bridgehead atoms. The van der Waals surface area contributed by atoms with E-state index in [0.717, 1.165) is 32.5 Å². The minimum atomic E-state index is -3.49. The van der Waals surface area contributed by atoms with E-state index in [-0.39, 0.29) is 5.41 Å². The second-order valence-corrected chi connectivity index (χ2v) is 8.51. The van der Waals surface area contributed by atoms with Gasteiger partial charge in [-0.25, -0.2) is 8.42 Å². The summed E-state index contributed by atoms with van der Waals surface area (Å²) in [6, 6.07) is 7.00. The minimum Gasteiger partial charge on any atom is -0.492 e. The van der Waals surface area contributed by atoms with E-state index in [1.807, 2.05) is 13.0 Å². The fraction of sp³-hybridized carbons (Fsp3) is 0.647. The van der Waals surface area contributed by atoms with Gasteiger partial charge in [-0.2, -0.15) is 4.31 Å². The highest BCUT2D eigenvalue weighted by atomic mass is 32.2. The Morgan fingerprint density at radius 3 is 2.48 bits per heavy atom. The molecule has 23 heavy (non-hydrogen) atoms. The zero-order valence-electron chi connectivity index (χ0n) is 14.0. The molecule has 0 unspecified atom stereocenters. The van der Waals surface area contributed by atoms with Gasteiger partial charge in [0, 0.05) is 18.5 Å². The van der Waals surface area contributed by atoms with Crippen molar-refractivity contribution in [3.63, 3.8) is 0 Å². The summed E-state index contributed by atoms with van der Waals surface area (Å²) in [5, 5.41) is 0. The van der Waals surface area contributed by atoms with Crippen LogP contribution in [-0.4, -0.2) is 57.0 Å². The Kier molecular flexibility index (Phi) is 4.67. The largest absolute Gasteiger partial charge is 0.492 e. The lowest BCUT2D eigenvalue weighted by atomic mass is 9.79. The van der Waals surface area contributed by atoms with Gasteiger partial charge in [0.15, 0.2) is 0 Å². The molecule has 2 aliphatic rings. The second kappa shape index (κ2) is 6.42. The van der Waals surface area contributed by atoms with Crippen molar-refractivity contribution in [2.45, 2.75) is 31.6 Å². The SMILES string of the molecule is CCN1CCC2(CC1)COc1ccccc1S(=O)(=O)N(CC)C2. The summed E-state index contributed by atoms with van der Waals surface area (Å²) in [5.41, 5.74) is -0.0811. The summed E-state index contributed by atoms with van der Waals surface area (Å²) >= 11 is 0. The smallest absolute Gasteiger partial charge is 0.246 e. The average Bonchev–Trinajstić information content (AvgIpc) is 2.58. The van der Waals surface area contributed by atoms with Crippen molar-refractivity contribution in [3.05, 3.63) is 24.3 Å². The molecule has 0 saturated carbocycles. The number of nitrogens with zero attached hydrogens (tertiary/aromatic N) is 2. The standard InChI is InChI=1S/C17H26N2O3S/c1-3-18-11-9-17(10-12-18)13-19(4-2)23(20,21)16-8-6-5-7-15(16)22-14-17/h5-8H,3-4,9-14H2,1-2H3. The maximum absolute atomic E-state index is 13.0. The van der Waals surface area contributed by atoms with Crippen LogP contribution in [0, 0.1) is 5.41 Å². The number of para-hydroxylation sites is 1. The monoisotopic (exact) mass is 338 g/mol. The molecule has 1 fully saturated rings. The van der Waals surface area contributed by atoms with Gasteiger partial charge < -0.3 is 9.64 Å². The van der Waals surface area contributed by atoms with Gasteiger partial charge in [0.2, 0.25) is 10.0 Å². The lowest BCUT2D eigenvalue weighted by molar-refractivity contribution is 0.0376. The zero-order valence-corrected chi connectivity index (χ0v) is 14.8. The molecule has 0 radical (unpaired) electrons. The van der Waals surface area contributed by atoms with Crippen molar-refractivity contribution in [1.82, 2.24) is 9.21 Å². The number of hydrogen-bond acceptors (Lipinski definition) is 4. The first-order valence-corrected chi connectivity index (χ1v) is 9.89. The van der Waals surface area contributed by atoms with Crippen LogP contribution in [0.1, 0.15) is 26.7 Å². The van der Waals surface area contributed by atoms with E-state index in [2.05, 4.69) is 11.8 Å². The second-order valence-electron chi connectivity index (χ2n) is 6.60. The van der Waals surface area contributed by atoms with E-state index < -0.39 is 10.0 Å². The van der Waals surface area contributed by atoms with Gasteiger partial charge in [-0.05, 0) is 44.6 Å². The van der Waals surface area contributed by atoms with Crippen LogP contribution in [0.4, 0.5) is 0 Å².